The maximum Gasteiger partial charge on any atom is 0.234 e. The van der Waals surface area contributed by atoms with Crippen LogP contribution in [-0.2, 0) is 4.79 Å². The van der Waals surface area contributed by atoms with E-state index in [1.165, 1.54) is 30.1 Å². The lowest BCUT2D eigenvalue weighted by molar-refractivity contribution is -0.113. The highest BCUT2D eigenvalue weighted by molar-refractivity contribution is 7.99. The summed E-state index contributed by atoms with van der Waals surface area (Å²) in [6.07, 6.45) is 1.50. The number of rotatable bonds is 4. The minimum absolute atomic E-state index is 0.0991. The zero-order valence-corrected chi connectivity index (χ0v) is 12.7. The van der Waals surface area contributed by atoms with Gasteiger partial charge in [0.15, 0.2) is 10.8 Å². The molecule has 2 heterocycles. The minimum Gasteiger partial charge on any atom is -0.331 e. The average molecular weight is 337 g/mol. The fraction of sp³-hybridized carbons (Fsp3) is 0.0714. The Labute approximate surface area is 134 Å². The number of hydrogen-bond acceptors (Lipinski definition) is 4. The van der Waals surface area contributed by atoms with Crippen molar-refractivity contribution in [3.05, 3.63) is 47.4 Å². The van der Waals surface area contributed by atoms with Gasteiger partial charge in [-0.3, -0.25) is 4.79 Å². The Morgan fingerprint density at radius 2 is 2.23 bits per heavy atom. The zero-order valence-electron chi connectivity index (χ0n) is 11.1. The van der Waals surface area contributed by atoms with Crippen LogP contribution in [0.1, 0.15) is 0 Å². The fourth-order valence-electron chi connectivity index (χ4n) is 1.80. The molecule has 0 saturated carbocycles. The van der Waals surface area contributed by atoms with Crippen LogP contribution in [0, 0.1) is 5.82 Å². The third-order valence-corrected chi connectivity index (χ3v) is 3.85. The molecule has 112 valence electrons. The molecule has 1 aromatic carbocycles. The van der Waals surface area contributed by atoms with Gasteiger partial charge >= 0.3 is 0 Å². The molecule has 0 atom stereocenters. The molecule has 0 aliphatic carbocycles. The van der Waals surface area contributed by atoms with E-state index in [0.717, 1.165) is 0 Å². The van der Waals surface area contributed by atoms with Crippen LogP contribution in [0.15, 0.2) is 41.7 Å². The number of nitrogens with one attached hydrogen (secondary N) is 2. The number of fused-ring (bicyclic) bond motifs is 1. The first-order chi connectivity index (χ1) is 10.6. The van der Waals surface area contributed by atoms with Crippen molar-refractivity contribution in [2.45, 2.75) is 5.16 Å². The van der Waals surface area contributed by atoms with Gasteiger partial charge in [-0.2, -0.15) is 0 Å². The number of imidazole rings is 1. The summed E-state index contributed by atoms with van der Waals surface area (Å²) in [5, 5.41) is 3.56. The number of hydrogen-bond donors (Lipinski definition) is 2. The number of carbonyl (C=O) groups excluding carboxylic acids is 1. The number of amides is 1. The molecule has 0 bridgehead atoms. The molecule has 0 unspecified atom stereocenters. The SMILES string of the molecule is O=C(CSc1nc2ncc(Cl)cc2[nH]1)Nc1ccccc1F. The third-order valence-electron chi connectivity index (χ3n) is 2.77. The number of nitrogens with zero attached hydrogens (tertiary/aromatic N) is 2. The molecule has 0 saturated heterocycles. The monoisotopic (exact) mass is 336 g/mol. The molecule has 0 radical (unpaired) electrons. The Balaban J connectivity index is 1.63. The van der Waals surface area contributed by atoms with Crippen molar-refractivity contribution in [2.24, 2.45) is 0 Å². The quantitative estimate of drug-likeness (QED) is 0.715. The number of anilines is 1. The number of benzene rings is 1. The smallest absolute Gasteiger partial charge is 0.234 e. The Kier molecular flexibility index (Phi) is 4.26. The van der Waals surface area contributed by atoms with Gasteiger partial charge in [0.25, 0.3) is 0 Å². The first-order valence-electron chi connectivity index (χ1n) is 6.30. The summed E-state index contributed by atoms with van der Waals surface area (Å²) in [5.41, 5.74) is 1.39. The number of thioether (sulfide) groups is 1. The second-order valence-corrected chi connectivity index (χ2v) is 5.78. The van der Waals surface area contributed by atoms with Crippen molar-refractivity contribution in [1.82, 2.24) is 15.0 Å². The highest BCUT2D eigenvalue weighted by Gasteiger charge is 2.10. The minimum atomic E-state index is -0.469. The first kappa shape index (κ1) is 14.8. The summed E-state index contributed by atoms with van der Waals surface area (Å²) in [6.45, 7) is 0. The van der Waals surface area contributed by atoms with Gasteiger partial charge in [-0.05, 0) is 18.2 Å². The third kappa shape index (κ3) is 3.37. The first-order valence-corrected chi connectivity index (χ1v) is 7.66. The van der Waals surface area contributed by atoms with Crippen LogP contribution in [-0.4, -0.2) is 26.6 Å². The maximum absolute atomic E-state index is 13.4. The molecule has 0 fully saturated rings. The van der Waals surface area contributed by atoms with Gasteiger partial charge in [0, 0.05) is 6.20 Å². The molecule has 8 heteroatoms. The van der Waals surface area contributed by atoms with Gasteiger partial charge in [-0.25, -0.2) is 14.4 Å². The van der Waals surface area contributed by atoms with E-state index >= 15 is 0 Å². The van der Waals surface area contributed by atoms with Crippen LogP contribution in [0.5, 0.6) is 0 Å². The predicted molar refractivity (Wildman–Crippen MR) is 84.7 cm³/mol. The summed E-state index contributed by atoms with van der Waals surface area (Å²) in [7, 11) is 0. The van der Waals surface area contributed by atoms with E-state index in [9.17, 15) is 9.18 Å². The van der Waals surface area contributed by atoms with Crippen molar-refractivity contribution >= 4 is 46.1 Å². The Bertz CT molecular complexity index is 839. The molecule has 2 aromatic heterocycles. The molecule has 3 aromatic rings. The fourth-order valence-corrected chi connectivity index (χ4v) is 2.63. The summed E-state index contributed by atoms with van der Waals surface area (Å²) in [5.74, 6) is -0.688. The van der Waals surface area contributed by atoms with E-state index in [1.54, 1.807) is 18.2 Å². The largest absolute Gasteiger partial charge is 0.331 e. The van der Waals surface area contributed by atoms with E-state index in [-0.39, 0.29) is 17.3 Å². The molecular formula is C14H10ClFN4OS. The van der Waals surface area contributed by atoms with Crippen molar-refractivity contribution in [3.8, 4) is 0 Å². The average Bonchev–Trinajstić information content (AvgIpc) is 2.89. The van der Waals surface area contributed by atoms with Gasteiger partial charge in [0.05, 0.1) is 22.0 Å². The van der Waals surface area contributed by atoms with Crippen LogP contribution in [0.2, 0.25) is 5.02 Å². The van der Waals surface area contributed by atoms with Gasteiger partial charge < -0.3 is 10.3 Å². The molecule has 0 aliphatic heterocycles. The molecule has 3 rings (SSSR count). The number of aromatic nitrogens is 3. The van der Waals surface area contributed by atoms with Crippen molar-refractivity contribution < 1.29 is 9.18 Å². The predicted octanol–water partition coefficient (Wildman–Crippen LogP) is 3.48. The van der Waals surface area contributed by atoms with E-state index in [1.807, 2.05) is 0 Å². The lowest BCUT2D eigenvalue weighted by atomic mass is 10.3. The normalized spacial score (nSPS) is 10.8. The highest BCUT2D eigenvalue weighted by atomic mass is 35.5. The summed E-state index contributed by atoms with van der Waals surface area (Å²) in [4.78, 5) is 23.2. The van der Waals surface area contributed by atoms with E-state index < -0.39 is 5.82 Å². The van der Waals surface area contributed by atoms with Crippen molar-refractivity contribution in [2.75, 3.05) is 11.1 Å². The number of halogens is 2. The van der Waals surface area contributed by atoms with Gasteiger partial charge in [0.2, 0.25) is 5.91 Å². The van der Waals surface area contributed by atoms with Crippen LogP contribution in [0.25, 0.3) is 11.2 Å². The number of H-pyrrole nitrogens is 1. The molecule has 22 heavy (non-hydrogen) atoms. The van der Waals surface area contributed by atoms with Crippen molar-refractivity contribution in [1.29, 1.82) is 0 Å². The van der Waals surface area contributed by atoms with E-state index in [0.29, 0.717) is 21.3 Å². The number of carbonyl (C=O) groups is 1. The Morgan fingerprint density at radius 3 is 3.05 bits per heavy atom. The second-order valence-electron chi connectivity index (χ2n) is 4.38. The summed E-state index contributed by atoms with van der Waals surface area (Å²) in [6, 6.07) is 7.72. The van der Waals surface area contributed by atoms with Gasteiger partial charge in [-0.15, -0.1) is 0 Å². The topological polar surface area (TPSA) is 70.7 Å². The van der Waals surface area contributed by atoms with E-state index in [2.05, 4.69) is 20.3 Å². The summed E-state index contributed by atoms with van der Waals surface area (Å²) < 4.78 is 13.4. The standard InChI is InChI=1S/C14H10ClFN4OS/c15-8-5-11-13(17-6-8)20-14(19-11)22-7-12(21)18-10-4-2-1-3-9(10)16/h1-6H,7H2,(H,18,21)(H,17,19,20). The Hall–Kier alpha value is -2.12. The number of aromatic amines is 1. The molecular weight excluding hydrogens is 327 g/mol. The van der Waals surface area contributed by atoms with Crippen LogP contribution >= 0.6 is 23.4 Å². The molecule has 5 nitrogen and oxygen atoms in total. The van der Waals surface area contributed by atoms with Crippen molar-refractivity contribution in [3.63, 3.8) is 0 Å². The Morgan fingerprint density at radius 1 is 1.41 bits per heavy atom. The molecule has 2 N–H and O–H groups in total. The highest BCUT2D eigenvalue weighted by Crippen LogP contribution is 2.21. The number of pyridine rings is 1. The summed E-state index contributed by atoms with van der Waals surface area (Å²) >= 11 is 7.04. The molecule has 0 aliphatic rings. The number of para-hydroxylation sites is 1. The second kappa shape index (κ2) is 6.33. The van der Waals surface area contributed by atoms with E-state index in [4.69, 9.17) is 11.6 Å². The lowest BCUT2D eigenvalue weighted by Crippen LogP contribution is -2.15. The maximum atomic E-state index is 13.4. The zero-order chi connectivity index (χ0) is 15.5. The lowest BCUT2D eigenvalue weighted by Gasteiger charge is -2.04. The van der Waals surface area contributed by atoms with Crippen LogP contribution in [0.3, 0.4) is 0 Å². The van der Waals surface area contributed by atoms with Crippen LogP contribution in [0.4, 0.5) is 10.1 Å². The molecule has 0 spiro atoms. The van der Waals surface area contributed by atoms with Gasteiger partial charge in [0.1, 0.15) is 5.82 Å². The van der Waals surface area contributed by atoms with Crippen LogP contribution < -0.4 is 5.32 Å². The van der Waals surface area contributed by atoms with Gasteiger partial charge in [-0.1, -0.05) is 35.5 Å². The molecule has 1 amide bonds.